The molecule has 0 saturated heterocycles. The zero-order chi connectivity index (χ0) is 13.0. The number of aromatic nitrogens is 3. The summed E-state index contributed by atoms with van der Waals surface area (Å²) in [6, 6.07) is 1.91. The molecule has 0 aromatic carbocycles. The zero-order valence-electron chi connectivity index (χ0n) is 9.98. The van der Waals surface area contributed by atoms with Crippen LogP contribution in [0.25, 0.3) is 0 Å². The molecule has 0 aliphatic heterocycles. The normalized spacial score (nSPS) is 11.1. The van der Waals surface area contributed by atoms with Crippen molar-refractivity contribution in [1.29, 1.82) is 0 Å². The van der Waals surface area contributed by atoms with E-state index < -0.39 is 6.55 Å². The molecule has 6 heteroatoms. The van der Waals surface area contributed by atoms with Crippen molar-refractivity contribution in [3.63, 3.8) is 0 Å². The second-order valence-electron chi connectivity index (χ2n) is 3.93. The third-order valence-electron chi connectivity index (χ3n) is 2.71. The van der Waals surface area contributed by atoms with Crippen molar-refractivity contribution in [2.24, 2.45) is 0 Å². The first-order valence-electron chi connectivity index (χ1n) is 5.58. The summed E-state index contributed by atoms with van der Waals surface area (Å²) in [5.41, 5.74) is 2.17. The highest BCUT2D eigenvalue weighted by molar-refractivity contribution is 5.21. The predicted molar refractivity (Wildman–Crippen MR) is 63.0 cm³/mol. The van der Waals surface area contributed by atoms with Crippen molar-refractivity contribution < 1.29 is 8.78 Å². The Morgan fingerprint density at radius 2 is 2.17 bits per heavy atom. The minimum absolute atomic E-state index is 0.297. The Morgan fingerprint density at radius 3 is 2.89 bits per heavy atom. The van der Waals surface area contributed by atoms with Crippen molar-refractivity contribution in [1.82, 2.24) is 19.9 Å². The first kappa shape index (κ1) is 12.6. The molecule has 0 aliphatic carbocycles. The number of aryl methyl sites for hydroxylation is 1. The number of hydrogen-bond donors (Lipinski definition) is 1. The summed E-state index contributed by atoms with van der Waals surface area (Å²) in [4.78, 5) is 7.92. The summed E-state index contributed by atoms with van der Waals surface area (Å²) in [6.07, 6.45) is 6.14. The number of pyridine rings is 1. The molecule has 0 unspecified atom stereocenters. The van der Waals surface area contributed by atoms with Gasteiger partial charge in [-0.1, -0.05) is 0 Å². The molecule has 18 heavy (non-hydrogen) atoms. The molecule has 0 atom stereocenters. The fraction of sp³-hybridized carbons (Fsp3) is 0.333. The van der Waals surface area contributed by atoms with Gasteiger partial charge in [-0.05, 0) is 24.1 Å². The van der Waals surface area contributed by atoms with E-state index in [9.17, 15) is 8.78 Å². The third-order valence-corrected chi connectivity index (χ3v) is 2.71. The largest absolute Gasteiger partial charge is 0.319 e. The van der Waals surface area contributed by atoms with Crippen LogP contribution in [0.2, 0.25) is 0 Å². The first-order chi connectivity index (χ1) is 8.68. The van der Waals surface area contributed by atoms with Crippen LogP contribution in [0.3, 0.4) is 0 Å². The number of hydrogen-bond acceptors (Lipinski definition) is 3. The maximum atomic E-state index is 12.6. The van der Waals surface area contributed by atoms with E-state index in [4.69, 9.17) is 0 Å². The van der Waals surface area contributed by atoms with E-state index >= 15 is 0 Å². The molecule has 0 saturated carbocycles. The minimum atomic E-state index is -2.55. The molecule has 2 rings (SSSR count). The van der Waals surface area contributed by atoms with Gasteiger partial charge in [-0.15, -0.1) is 0 Å². The van der Waals surface area contributed by atoms with E-state index in [1.54, 1.807) is 12.4 Å². The number of halogens is 2. The fourth-order valence-corrected chi connectivity index (χ4v) is 1.65. The van der Waals surface area contributed by atoms with Crippen LogP contribution in [-0.4, -0.2) is 14.5 Å². The molecule has 2 aromatic heterocycles. The maximum Gasteiger partial charge on any atom is 0.319 e. The summed E-state index contributed by atoms with van der Waals surface area (Å²) in [6.45, 7) is 0.310. The van der Waals surface area contributed by atoms with E-state index in [-0.39, 0.29) is 0 Å². The van der Waals surface area contributed by atoms with Gasteiger partial charge in [-0.2, -0.15) is 8.78 Å². The van der Waals surface area contributed by atoms with Gasteiger partial charge in [0.1, 0.15) is 5.82 Å². The monoisotopic (exact) mass is 252 g/mol. The highest BCUT2D eigenvalue weighted by atomic mass is 19.3. The molecule has 4 nitrogen and oxygen atoms in total. The lowest BCUT2D eigenvalue weighted by Gasteiger charge is -2.08. The molecule has 0 fully saturated rings. The van der Waals surface area contributed by atoms with Gasteiger partial charge in [0.25, 0.3) is 0 Å². The molecule has 0 bridgehead atoms. The van der Waals surface area contributed by atoms with Crippen LogP contribution in [0.1, 0.15) is 23.5 Å². The number of alkyl halides is 2. The Bertz CT molecular complexity index is 510. The highest BCUT2D eigenvalue weighted by Crippen LogP contribution is 2.12. The van der Waals surface area contributed by atoms with Crippen LogP contribution in [-0.2, 0) is 13.1 Å². The SMILES string of the molecule is Cc1ccncc1CNCc1nccn1C(F)F. The summed E-state index contributed by atoms with van der Waals surface area (Å²) in [5.74, 6) is 0.326. The van der Waals surface area contributed by atoms with Crippen molar-refractivity contribution in [3.8, 4) is 0 Å². The molecule has 2 aromatic rings. The molecular formula is C12H14F2N4. The Labute approximate surface area is 104 Å². The van der Waals surface area contributed by atoms with Gasteiger partial charge >= 0.3 is 6.55 Å². The van der Waals surface area contributed by atoms with Crippen LogP contribution >= 0.6 is 0 Å². The van der Waals surface area contributed by atoms with Gasteiger partial charge < -0.3 is 5.32 Å². The van der Waals surface area contributed by atoms with Gasteiger partial charge in [-0.25, -0.2) is 4.98 Å². The van der Waals surface area contributed by atoms with Crippen LogP contribution < -0.4 is 5.32 Å². The fourth-order valence-electron chi connectivity index (χ4n) is 1.65. The topological polar surface area (TPSA) is 42.7 Å². The van der Waals surface area contributed by atoms with E-state index in [0.717, 1.165) is 15.7 Å². The summed E-state index contributed by atoms with van der Waals surface area (Å²) in [5, 5.41) is 3.08. The smallest absolute Gasteiger partial charge is 0.306 e. The molecule has 1 N–H and O–H groups in total. The van der Waals surface area contributed by atoms with Crippen LogP contribution in [0.15, 0.2) is 30.9 Å². The average Bonchev–Trinajstić information content (AvgIpc) is 2.80. The van der Waals surface area contributed by atoms with E-state index in [0.29, 0.717) is 18.9 Å². The molecule has 2 heterocycles. The van der Waals surface area contributed by atoms with Crippen molar-refractivity contribution >= 4 is 0 Å². The molecule has 0 amide bonds. The number of nitrogens with one attached hydrogen (secondary N) is 1. The van der Waals surface area contributed by atoms with Crippen LogP contribution in [0.4, 0.5) is 8.78 Å². The lowest BCUT2D eigenvalue weighted by molar-refractivity contribution is 0.0666. The maximum absolute atomic E-state index is 12.6. The number of nitrogens with zero attached hydrogens (tertiary/aromatic N) is 3. The molecule has 0 spiro atoms. The minimum Gasteiger partial charge on any atom is -0.306 e. The summed E-state index contributed by atoms with van der Waals surface area (Å²) < 4.78 is 26.0. The highest BCUT2D eigenvalue weighted by Gasteiger charge is 2.10. The number of rotatable bonds is 5. The van der Waals surface area contributed by atoms with Crippen molar-refractivity contribution in [2.75, 3.05) is 0 Å². The Hall–Kier alpha value is -1.82. The van der Waals surface area contributed by atoms with Crippen molar-refractivity contribution in [3.05, 3.63) is 47.8 Å². The van der Waals surface area contributed by atoms with E-state index in [1.165, 1.54) is 12.4 Å². The molecule has 0 radical (unpaired) electrons. The average molecular weight is 252 g/mol. The van der Waals surface area contributed by atoms with Gasteiger partial charge in [0, 0.05) is 31.3 Å². The lowest BCUT2D eigenvalue weighted by Crippen LogP contribution is -2.17. The Balaban J connectivity index is 1.93. The van der Waals surface area contributed by atoms with Gasteiger partial charge in [0.15, 0.2) is 0 Å². The molecule has 0 aliphatic rings. The lowest BCUT2D eigenvalue weighted by atomic mass is 10.1. The summed E-state index contributed by atoms with van der Waals surface area (Å²) in [7, 11) is 0. The van der Waals surface area contributed by atoms with Gasteiger partial charge in [0.05, 0.1) is 6.54 Å². The van der Waals surface area contributed by atoms with Crippen molar-refractivity contribution in [2.45, 2.75) is 26.6 Å². The van der Waals surface area contributed by atoms with Gasteiger partial charge in [-0.3, -0.25) is 9.55 Å². The van der Waals surface area contributed by atoms with E-state index in [2.05, 4.69) is 15.3 Å². The van der Waals surface area contributed by atoms with E-state index in [1.807, 2.05) is 13.0 Å². The first-order valence-corrected chi connectivity index (χ1v) is 5.58. The third kappa shape index (κ3) is 2.89. The van der Waals surface area contributed by atoms with Gasteiger partial charge in [0.2, 0.25) is 0 Å². The molecular weight excluding hydrogens is 238 g/mol. The van der Waals surface area contributed by atoms with Crippen LogP contribution in [0.5, 0.6) is 0 Å². The predicted octanol–water partition coefficient (Wildman–Crippen LogP) is 2.27. The molecule has 96 valence electrons. The second kappa shape index (κ2) is 5.68. The van der Waals surface area contributed by atoms with Crippen LogP contribution in [0, 0.1) is 6.92 Å². The Morgan fingerprint density at radius 1 is 1.33 bits per heavy atom. The Kier molecular flexibility index (Phi) is 3.99. The number of imidazole rings is 1. The second-order valence-corrected chi connectivity index (χ2v) is 3.93. The summed E-state index contributed by atoms with van der Waals surface area (Å²) >= 11 is 0. The zero-order valence-corrected chi connectivity index (χ0v) is 9.98. The quantitative estimate of drug-likeness (QED) is 0.887. The standard InChI is InChI=1S/C12H14F2N4/c1-9-2-3-15-6-10(9)7-16-8-11-17-4-5-18(11)12(13)14/h2-6,12,16H,7-8H2,1H3.